The molecule has 1 unspecified atom stereocenters. The first-order valence-electron chi connectivity index (χ1n) is 7.66. The predicted octanol–water partition coefficient (Wildman–Crippen LogP) is 5.21. The highest BCUT2D eigenvalue weighted by atomic mass is 35.5. The van der Waals surface area contributed by atoms with Crippen molar-refractivity contribution in [3.05, 3.63) is 82.9 Å². The summed E-state index contributed by atoms with van der Waals surface area (Å²) >= 11 is 5.91. The Morgan fingerprint density at radius 2 is 1.55 bits per heavy atom. The van der Waals surface area contributed by atoms with E-state index in [2.05, 4.69) is 66.8 Å². The van der Waals surface area contributed by atoms with Gasteiger partial charge >= 0.3 is 0 Å². The van der Waals surface area contributed by atoms with Crippen LogP contribution in [0.25, 0.3) is 10.8 Å². The normalized spacial score (nSPS) is 12.5. The summed E-state index contributed by atoms with van der Waals surface area (Å²) in [5.74, 6) is 0. The fraction of sp³-hybridized carbons (Fsp3) is 0.200. The minimum absolute atomic E-state index is 0.428. The van der Waals surface area contributed by atoms with Crippen molar-refractivity contribution in [2.24, 2.45) is 0 Å². The molecule has 2 heteroatoms. The highest BCUT2D eigenvalue weighted by Crippen LogP contribution is 2.17. The van der Waals surface area contributed by atoms with Crippen molar-refractivity contribution in [1.29, 1.82) is 0 Å². The number of benzene rings is 3. The smallest absolute Gasteiger partial charge is 0.0406 e. The minimum atomic E-state index is 0.428. The van der Waals surface area contributed by atoms with E-state index in [1.807, 2.05) is 12.1 Å². The summed E-state index contributed by atoms with van der Waals surface area (Å²) in [6.07, 6.45) is 1.03. The number of halogens is 1. The van der Waals surface area contributed by atoms with E-state index in [0.29, 0.717) is 6.04 Å². The molecule has 22 heavy (non-hydrogen) atoms. The van der Waals surface area contributed by atoms with Gasteiger partial charge in [0, 0.05) is 17.6 Å². The molecule has 0 amide bonds. The van der Waals surface area contributed by atoms with Gasteiger partial charge in [-0.05, 0) is 47.4 Å². The van der Waals surface area contributed by atoms with E-state index in [0.717, 1.165) is 18.0 Å². The summed E-state index contributed by atoms with van der Waals surface area (Å²) in [6.45, 7) is 3.09. The molecule has 3 aromatic carbocycles. The minimum Gasteiger partial charge on any atom is -0.310 e. The number of rotatable bonds is 5. The number of fused-ring (bicyclic) bond motifs is 1. The van der Waals surface area contributed by atoms with Crippen molar-refractivity contribution in [2.75, 3.05) is 0 Å². The third kappa shape index (κ3) is 3.88. The molecule has 0 bridgehead atoms. The average molecular weight is 310 g/mol. The second-order valence-corrected chi connectivity index (χ2v) is 6.23. The van der Waals surface area contributed by atoms with Crippen LogP contribution in [0.5, 0.6) is 0 Å². The monoisotopic (exact) mass is 309 g/mol. The zero-order valence-corrected chi connectivity index (χ0v) is 13.5. The zero-order chi connectivity index (χ0) is 15.4. The van der Waals surface area contributed by atoms with Crippen LogP contribution in [0.1, 0.15) is 18.1 Å². The van der Waals surface area contributed by atoms with E-state index < -0.39 is 0 Å². The first-order valence-corrected chi connectivity index (χ1v) is 8.04. The van der Waals surface area contributed by atoms with E-state index in [4.69, 9.17) is 11.6 Å². The van der Waals surface area contributed by atoms with Crippen molar-refractivity contribution in [3.8, 4) is 0 Å². The van der Waals surface area contributed by atoms with Crippen LogP contribution in [-0.2, 0) is 13.0 Å². The maximum Gasteiger partial charge on any atom is 0.0406 e. The van der Waals surface area contributed by atoms with Crippen LogP contribution in [0.2, 0.25) is 5.02 Å². The standard InChI is InChI=1S/C20H20ClN/c1-15(22-14-16-7-10-20(21)11-8-16)12-17-6-9-18-4-2-3-5-19(18)13-17/h2-11,13,15,22H,12,14H2,1H3. The van der Waals surface area contributed by atoms with Gasteiger partial charge in [-0.25, -0.2) is 0 Å². The van der Waals surface area contributed by atoms with Gasteiger partial charge in [0.25, 0.3) is 0 Å². The van der Waals surface area contributed by atoms with Crippen LogP contribution in [-0.4, -0.2) is 6.04 Å². The number of nitrogens with one attached hydrogen (secondary N) is 1. The predicted molar refractivity (Wildman–Crippen MR) is 95.4 cm³/mol. The molecular formula is C20H20ClN. The third-order valence-corrected chi connectivity index (χ3v) is 4.18. The van der Waals surface area contributed by atoms with Gasteiger partial charge in [-0.2, -0.15) is 0 Å². The van der Waals surface area contributed by atoms with Crippen LogP contribution in [0.3, 0.4) is 0 Å². The molecular weight excluding hydrogens is 290 g/mol. The zero-order valence-electron chi connectivity index (χ0n) is 12.7. The molecule has 0 aliphatic rings. The SMILES string of the molecule is CC(Cc1ccc2ccccc2c1)NCc1ccc(Cl)cc1. The Balaban J connectivity index is 1.60. The molecule has 0 aliphatic carbocycles. The van der Waals surface area contributed by atoms with Gasteiger partial charge < -0.3 is 5.32 Å². The molecule has 3 aromatic rings. The lowest BCUT2D eigenvalue weighted by Crippen LogP contribution is -2.27. The third-order valence-electron chi connectivity index (χ3n) is 3.92. The van der Waals surface area contributed by atoms with Crippen LogP contribution >= 0.6 is 11.6 Å². The topological polar surface area (TPSA) is 12.0 Å². The Kier molecular flexibility index (Phi) is 4.77. The number of hydrogen-bond acceptors (Lipinski definition) is 1. The Morgan fingerprint density at radius 1 is 0.864 bits per heavy atom. The molecule has 0 heterocycles. The summed E-state index contributed by atoms with van der Waals surface area (Å²) < 4.78 is 0. The Bertz CT molecular complexity index is 749. The van der Waals surface area contributed by atoms with Gasteiger partial charge in [-0.3, -0.25) is 0 Å². The highest BCUT2D eigenvalue weighted by Gasteiger charge is 2.04. The van der Waals surface area contributed by atoms with Crippen LogP contribution in [0.15, 0.2) is 66.7 Å². The second-order valence-electron chi connectivity index (χ2n) is 5.79. The van der Waals surface area contributed by atoms with Crippen molar-refractivity contribution >= 4 is 22.4 Å². The summed E-state index contributed by atoms with van der Waals surface area (Å²) in [5.41, 5.74) is 2.63. The van der Waals surface area contributed by atoms with E-state index in [1.54, 1.807) is 0 Å². The molecule has 0 aliphatic heterocycles. The molecule has 1 N–H and O–H groups in total. The van der Waals surface area contributed by atoms with E-state index in [-0.39, 0.29) is 0 Å². The molecule has 1 atom stereocenters. The van der Waals surface area contributed by atoms with Gasteiger partial charge in [0.1, 0.15) is 0 Å². The molecule has 0 fully saturated rings. The first kappa shape index (κ1) is 15.1. The quantitative estimate of drug-likeness (QED) is 0.682. The Labute approximate surface area is 136 Å². The first-order chi connectivity index (χ1) is 10.7. The molecule has 0 spiro atoms. The molecule has 0 radical (unpaired) electrons. The van der Waals surface area contributed by atoms with E-state index in [9.17, 15) is 0 Å². The maximum atomic E-state index is 5.91. The lowest BCUT2D eigenvalue weighted by molar-refractivity contribution is 0.545. The van der Waals surface area contributed by atoms with Crippen molar-refractivity contribution < 1.29 is 0 Å². The highest BCUT2D eigenvalue weighted by molar-refractivity contribution is 6.30. The summed E-state index contributed by atoms with van der Waals surface area (Å²) in [6, 6.07) is 23.7. The largest absolute Gasteiger partial charge is 0.310 e. The van der Waals surface area contributed by atoms with Gasteiger partial charge in [-0.15, -0.1) is 0 Å². The van der Waals surface area contributed by atoms with Crippen molar-refractivity contribution in [3.63, 3.8) is 0 Å². The number of hydrogen-bond donors (Lipinski definition) is 1. The molecule has 0 saturated heterocycles. The molecule has 0 saturated carbocycles. The molecule has 3 rings (SSSR count). The van der Waals surface area contributed by atoms with Crippen LogP contribution < -0.4 is 5.32 Å². The summed E-state index contributed by atoms with van der Waals surface area (Å²) in [5, 5.41) is 6.97. The molecule has 112 valence electrons. The van der Waals surface area contributed by atoms with E-state index in [1.165, 1.54) is 21.9 Å². The van der Waals surface area contributed by atoms with Crippen LogP contribution in [0.4, 0.5) is 0 Å². The fourth-order valence-corrected chi connectivity index (χ4v) is 2.81. The Morgan fingerprint density at radius 3 is 2.32 bits per heavy atom. The summed E-state index contributed by atoms with van der Waals surface area (Å²) in [4.78, 5) is 0. The lowest BCUT2D eigenvalue weighted by Gasteiger charge is -2.14. The Hall–Kier alpha value is -1.83. The summed E-state index contributed by atoms with van der Waals surface area (Å²) in [7, 11) is 0. The average Bonchev–Trinajstić information content (AvgIpc) is 2.54. The van der Waals surface area contributed by atoms with Gasteiger partial charge in [0.05, 0.1) is 0 Å². The van der Waals surface area contributed by atoms with Crippen LogP contribution in [0, 0.1) is 0 Å². The lowest BCUT2D eigenvalue weighted by atomic mass is 10.0. The second kappa shape index (κ2) is 6.95. The molecule has 0 aromatic heterocycles. The van der Waals surface area contributed by atoms with Gasteiger partial charge in [-0.1, -0.05) is 66.2 Å². The van der Waals surface area contributed by atoms with E-state index >= 15 is 0 Å². The fourth-order valence-electron chi connectivity index (χ4n) is 2.69. The molecule has 1 nitrogen and oxygen atoms in total. The maximum absolute atomic E-state index is 5.91. The van der Waals surface area contributed by atoms with Crippen molar-refractivity contribution in [1.82, 2.24) is 5.32 Å². The van der Waals surface area contributed by atoms with Gasteiger partial charge in [0.2, 0.25) is 0 Å². The van der Waals surface area contributed by atoms with Gasteiger partial charge in [0.15, 0.2) is 0 Å². The van der Waals surface area contributed by atoms with Crippen molar-refractivity contribution in [2.45, 2.75) is 25.9 Å².